The van der Waals surface area contributed by atoms with Crippen LogP contribution in [0.3, 0.4) is 0 Å². The van der Waals surface area contributed by atoms with Crippen LogP contribution in [-0.2, 0) is 0 Å². The summed E-state index contributed by atoms with van der Waals surface area (Å²) in [4.78, 5) is 0. The maximum absolute atomic E-state index is 8.67. The summed E-state index contributed by atoms with van der Waals surface area (Å²) in [6, 6.07) is 2.24. The van der Waals surface area contributed by atoms with Gasteiger partial charge in [0.15, 0.2) is 0 Å². The van der Waals surface area contributed by atoms with E-state index in [0.717, 1.165) is 111 Å². The van der Waals surface area contributed by atoms with Crippen molar-refractivity contribution in [1.29, 1.82) is 5.26 Å². The lowest BCUT2D eigenvalue weighted by Crippen LogP contribution is -2.65. The summed E-state index contributed by atoms with van der Waals surface area (Å²) < 4.78 is 0. The van der Waals surface area contributed by atoms with Gasteiger partial charge in [-0.05, 0) is 38.8 Å². The van der Waals surface area contributed by atoms with E-state index in [1.807, 2.05) is 0 Å². The van der Waals surface area contributed by atoms with Crippen LogP contribution in [0.25, 0.3) is 0 Å². The average molecular weight is 423 g/mol. The molecule has 0 atom stereocenters. The number of nitrogens with one attached hydrogen (secondary N) is 6. The van der Waals surface area contributed by atoms with E-state index in [2.05, 4.69) is 38.0 Å². The van der Waals surface area contributed by atoms with Crippen LogP contribution in [0.1, 0.15) is 51.4 Å². The monoisotopic (exact) mass is 422 g/mol. The molecule has 0 amide bonds. The lowest BCUT2D eigenvalue weighted by atomic mass is 9.92. The molecule has 0 saturated carbocycles. The molecule has 8 heteroatoms. The molecule has 3 saturated heterocycles. The quantitative estimate of drug-likeness (QED) is 0.278. The summed E-state index contributed by atoms with van der Waals surface area (Å²) >= 11 is 0. The Balaban J connectivity index is 1.94. The van der Waals surface area contributed by atoms with Crippen molar-refractivity contribution in [2.24, 2.45) is 5.73 Å². The van der Waals surface area contributed by atoms with Gasteiger partial charge in [0.2, 0.25) is 0 Å². The maximum Gasteiger partial charge on any atom is 0.0621 e. The van der Waals surface area contributed by atoms with E-state index in [-0.39, 0.29) is 11.1 Å². The van der Waals surface area contributed by atoms with Crippen molar-refractivity contribution in [2.75, 3.05) is 72.0 Å². The van der Waals surface area contributed by atoms with E-state index in [0.29, 0.717) is 6.42 Å². The fraction of sp³-hybridized carbons (Fsp3) is 0.955. The molecule has 174 valence electrons. The highest BCUT2D eigenvalue weighted by molar-refractivity contribution is 4.96. The summed E-state index contributed by atoms with van der Waals surface area (Å²) in [5, 5.41) is 30.8. The molecule has 0 spiro atoms. The largest absolute Gasteiger partial charge is 0.323 e. The molecular formula is C22H46N8. The van der Waals surface area contributed by atoms with Gasteiger partial charge in [-0.2, -0.15) is 5.26 Å². The second-order valence-corrected chi connectivity index (χ2v) is 9.23. The molecule has 3 aliphatic heterocycles. The summed E-state index contributed by atoms with van der Waals surface area (Å²) in [6.45, 7) is 10.4. The number of hydrogen-bond acceptors (Lipinski definition) is 8. The van der Waals surface area contributed by atoms with Gasteiger partial charge in [-0.15, -0.1) is 0 Å². The third-order valence-corrected chi connectivity index (χ3v) is 6.29. The highest BCUT2D eigenvalue weighted by atomic mass is 15.1. The van der Waals surface area contributed by atoms with E-state index >= 15 is 0 Å². The Morgan fingerprint density at radius 1 is 0.733 bits per heavy atom. The Hall–Kier alpha value is -0.790. The number of nitriles is 1. The molecule has 0 radical (unpaired) electrons. The predicted molar refractivity (Wildman–Crippen MR) is 125 cm³/mol. The van der Waals surface area contributed by atoms with Crippen LogP contribution in [0.15, 0.2) is 0 Å². The second-order valence-electron chi connectivity index (χ2n) is 9.23. The van der Waals surface area contributed by atoms with Crippen LogP contribution in [-0.4, -0.2) is 83.1 Å². The third-order valence-electron chi connectivity index (χ3n) is 6.29. The molecule has 3 aliphatic rings. The molecule has 0 aliphatic carbocycles. The molecule has 3 heterocycles. The molecule has 0 aromatic heterocycles. The molecule has 0 aromatic carbocycles. The zero-order chi connectivity index (χ0) is 21.4. The molecule has 30 heavy (non-hydrogen) atoms. The van der Waals surface area contributed by atoms with E-state index in [4.69, 9.17) is 11.0 Å². The van der Waals surface area contributed by atoms with Gasteiger partial charge in [-0.1, -0.05) is 19.3 Å². The third kappa shape index (κ3) is 10.5. The van der Waals surface area contributed by atoms with Gasteiger partial charge in [0.05, 0.1) is 11.6 Å². The number of fused-ring (bicyclic) bond motifs is 15. The molecule has 8 nitrogen and oxygen atoms in total. The Labute approximate surface area is 183 Å². The second kappa shape index (κ2) is 15.1. The first kappa shape index (κ1) is 25.5. The van der Waals surface area contributed by atoms with Gasteiger partial charge in [-0.25, -0.2) is 0 Å². The Kier molecular flexibility index (Phi) is 12.8. The van der Waals surface area contributed by atoms with Crippen molar-refractivity contribution in [3.8, 4) is 6.07 Å². The van der Waals surface area contributed by atoms with Crippen molar-refractivity contribution < 1.29 is 0 Å². The summed E-state index contributed by atoms with van der Waals surface area (Å²) in [5.41, 5.74) is 6.54. The fourth-order valence-corrected chi connectivity index (χ4v) is 4.39. The number of hydrogen-bond donors (Lipinski definition) is 7. The first-order valence-electron chi connectivity index (χ1n) is 12.1. The minimum absolute atomic E-state index is 0.00147. The molecule has 0 aromatic rings. The number of rotatable bonds is 7. The zero-order valence-electron chi connectivity index (χ0n) is 19.0. The van der Waals surface area contributed by atoms with Crippen LogP contribution in [0.4, 0.5) is 0 Å². The van der Waals surface area contributed by atoms with Gasteiger partial charge >= 0.3 is 0 Å². The first-order valence-corrected chi connectivity index (χ1v) is 12.1. The van der Waals surface area contributed by atoms with E-state index < -0.39 is 0 Å². The molecule has 3 rings (SSSR count). The van der Waals surface area contributed by atoms with Crippen molar-refractivity contribution >= 4 is 0 Å². The Morgan fingerprint density at radius 2 is 1.30 bits per heavy atom. The topological polar surface area (TPSA) is 122 Å². The van der Waals surface area contributed by atoms with E-state index in [1.54, 1.807) is 0 Å². The summed E-state index contributed by atoms with van der Waals surface area (Å²) in [5.74, 6) is 0. The smallest absolute Gasteiger partial charge is 0.0621 e. The Bertz CT molecular complexity index is 435. The van der Waals surface area contributed by atoms with E-state index in [1.165, 1.54) is 6.42 Å². The van der Waals surface area contributed by atoms with Crippen LogP contribution in [0, 0.1) is 11.3 Å². The molecule has 2 bridgehead atoms. The summed E-state index contributed by atoms with van der Waals surface area (Å²) in [6.07, 6.45) is 8.57. The number of nitrogens with two attached hydrogens (primary N) is 1. The fourth-order valence-electron chi connectivity index (χ4n) is 4.39. The molecular weight excluding hydrogens is 376 g/mol. The van der Waals surface area contributed by atoms with Crippen LogP contribution in [0.5, 0.6) is 0 Å². The highest BCUT2D eigenvalue weighted by Crippen LogP contribution is 2.11. The SMILES string of the molecule is N#CCCCCCCNC12CNCCCCC(N)(CNCCNC1)CNCCNC2. The van der Waals surface area contributed by atoms with Gasteiger partial charge in [0.1, 0.15) is 0 Å². The lowest BCUT2D eigenvalue weighted by molar-refractivity contribution is 0.267. The number of nitrogens with zero attached hydrogens (tertiary/aromatic N) is 1. The van der Waals surface area contributed by atoms with Crippen LogP contribution < -0.4 is 37.6 Å². The minimum Gasteiger partial charge on any atom is -0.323 e. The predicted octanol–water partition coefficient (Wildman–Crippen LogP) is -0.368. The Morgan fingerprint density at radius 3 is 1.93 bits per heavy atom. The molecule has 3 fully saturated rings. The molecule has 0 unspecified atom stereocenters. The standard InChI is InChI=1S/C22H46N8/c23-9-5-2-1-3-6-11-30-22-18-25-10-7-4-8-21(24,16-26-12-14-28-19-22)17-27-13-15-29-20-22/h25-30H,1-8,10-20,24H2. The normalized spacial score (nSPS) is 30.3. The summed E-state index contributed by atoms with van der Waals surface area (Å²) in [7, 11) is 0. The number of unbranched alkanes of at least 4 members (excludes halogenated alkanes) is 4. The van der Waals surface area contributed by atoms with Gasteiger partial charge < -0.3 is 37.6 Å². The van der Waals surface area contributed by atoms with Gasteiger partial charge in [0.25, 0.3) is 0 Å². The van der Waals surface area contributed by atoms with Crippen molar-refractivity contribution in [3.05, 3.63) is 0 Å². The van der Waals surface area contributed by atoms with Crippen molar-refractivity contribution in [2.45, 2.75) is 62.4 Å². The average Bonchev–Trinajstić information content (AvgIpc) is 2.74. The van der Waals surface area contributed by atoms with Crippen LogP contribution >= 0.6 is 0 Å². The minimum atomic E-state index is -0.174. The lowest BCUT2D eigenvalue weighted by Gasteiger charge is -2.37. The first-order chi connectivity index (χ1) is 14.7. The van der Waals surface area contributed by atoms with Crippen LogP contribution in [0.2, 0.25) is 0 Å². The zero-order valence-corrected chi connectivity index (χ0v) is 19.0. The van der Waals surface area contributed by atoms with Gasteiger partial charge in [-0.3, -0.25) is 0 Å². The van der Waals surface area contributed by atoms with Crippen molar-refractivity contribution in [1.82, 2.24) is 31.9 Å². The van der Waals surface area contributed by atoms with Crippen molar-refractivity contribution in [3.63, 3.8) is 0 Å². The molecule has 8 N–H and O–H groups in total. The highest BCUT2D eigenvalue weighted by Gasteiger charge is 2.29. The van der Waals surface area contributed by atoms with E-state index in [9.17, 15) is 0 Å². The van der Waals surface area contributed by atoms with Gasteiger partial charge in [0, 0.05) is 70.9 Å². The maximum atomic E-state index is 8.67.